The Morgan fingerprint density at radius 2 is 1.35 bits per heavy atom. The third kappa shape index (κ3) is 3.81. The number of para-hydroxylation sites is 3. The maximum atomic E-state index is 10.6. The highest BCUT2D eigenvalue weighted by Gasteiger charge is 2.28. The molecule has 0 radical (unpaired) electrons. The van der Waals surface area contributed by atoms with Crippen LogP contribution >= 0.6 is 0 Å². The fourth-order valence-electron chi connectivity index (χ4n) is 7.19. The Bertz CT molecular complexity index is 2250. The smallest absolute Gasteiger partial charge is 0.0954 e. The second kappa shape index (κ2) is 9.76. The lowest BCUT2D eigenvalue weighted by atomic mass is 9.83. The molecule has 4 aromatic carbocycles. The summed E-state index contributed by atoms with van der Waals surface area (Å²) in [5.41, 5.74) is 11.9. The van der Waals surface area contributed by atoms with Crippen LogP contribution in [-0.2, 0) is 6.42 Å². The molecule has 0 amide bonds. The van der Waals surface area contributed by atoms with Gasteiger partial charge in [0.15, 0.2) is 0 Å². The van der Waals surface area contributed by atoms with Gasteiger partial charge in [0.05, 0.1) is 28.7 Å². The molecule has 4 nitrogen and oxygen atoms in total. The highest BCUT2D eigenvalue weighted by atomic mass is 15.0. The van der Waals surface area contributed by atoms with Crippen LogP contribution in [0.4, 0.5) is 0 Å². The van der Waals surface area contributed by atoms with E-state index in [1.807, 2.05) is 0 Å². The molecule has 0 N–H and O–H groups in total. The Labute approximate surface area is 250 Å². The molecule has 0 fully saturated rings. The van der Waals surface area contributed by atoms with E-state index in [1.54, 1.807) is 0 Å². The largest absolute Gasteiger partial charge is 0.313 e. The summed E-state index contributed by atoms with van der Waals surface area (Å²) < 4.78 is 4.68. The molecule has 2 aromatic heterocycles. The van der Waals surface area contributed by atoms with E-state index in [2.05, 4.69) is 137 Å². The first-order valence-corrected chi connectivity index (χ1v) is 14.8. The predicted molar refractivity (Wildman–Crippen MR) is 175 cm³/mol. The monoisotopic (exact) mass is 552 g/mol. The molecule has 0 bridgehead atoms. The minimum Gasteiger partial charge on any atom is -0.313 e. The van der Waals surface area contributed by atoms with E-state index in [-0.39, 0.29) is 5.92 Å². The van der Waals surface area contributed by atoms with Crippen molar-refractivity contribution in [3.63, 3.8) is 0 Å². The predicted octanol–water partition coefficient (Wildman–Crippen LogP) is 9.38. The van der Waals surface area contributed by atoms with Gasteiger partial charge >= 0.3 is 0 Å². The van der Waals surface area contributed by atoms with Crippen molar-refractivity contribution < 1.29 is 0 Å². The van der Waals surface area contributed by atoms with Gasteiger partial charge in [-0.05, 0) is 68.2 Å². The van der Waals surface area contributed by atoms with E-state index in [0.717, 1.165) is 74.9 Å². The Balaban J connectivity index is 1.30. The third-order valence-electron chi connectivity index (χ3n) is 9.12. The summed E-state index contributed by atoms with van der Waals surface area (Å²) in [6, 6.07) is 37.1. The van der Waals surface area contributed by atoms with Gasteiger partial charge in [0.1, 0.15) is 0 Å². The maximum absolute atomic E-state index is 10.6. The second-order valence-electron chi connectivity index (χ2n) is 11.6. The average Bonchev–Trinajstić information content (AvgIpc) is 3.57. The second-order valence-corrected chi connectivity index (χ2v) is 11.6. The van der Waals surface area contributed by atoms with Gasteiger partial charge in [0, 0.05) is 55.9 Å². The average molecular weight is 553 g/mol. The van der Waals surface area contributed by atoms with Gasteiger partial charge in [-0.25, -0.2) is 0 Å². The molecule has 0 saturated carbocycles. The van der Waals surface area contributed by atoms with Gasteiger partial charge in [-0.2, -0.15) is 10.5 Å². The summed E-state index contributed by atoms with van der Waals surface area (Å²) in [7, 11) is 0. The van der Waals surface area contributed by atoms with Crippen LogP contribution in [-0.4, -0.2) is 9.13 Å². The van der Waals surface area contributed by atoms with Crippen LogP contribution in [0.25, 0.3) is 50.2 Å². The molecule has 6 aromatic rings. The molecule has 1 atom stereocenters. The number of allylic oxidation sites excluding steroid dienone is 5. The number of nitrogens with zero attached hydrogens (tertiary/aromatic N) is 4. The number of rotatable bonds is 3. The molecular formula is C39H28N4. The van der Waals surface area contributed by atoms with Gasteiger partial charge in [0.25, 0.3) is 0 Å². The van der Waals surface area contributed by atoms with E-state index in [1.165, 1.54) is 22.0 Å². The van der Waals surface area contributed by atoms with Crippen molar-refractivity contribution in [1.29, 1.82) is 10.5 Å². The molecule has 1 unspecified atom stereocenters. The SMILES string of the molecule is Cc1ccc(-n2c3c(c4ccccc42)C=C(C#N)CC3)c(C2CC=C(n3c4ccccc4c4ccccc43)C=C2C#N)c1. The van der Waals surface area contributed by atoms with Crippen molar-refractivity contribution in [1.82, 2.24) is 9.13 Å². The zero-order valence-electron chi connectivity index (χ0n) is 23.9. The molecule has 4 heteroatoms. The zero-order chi connectivity index (χ0) is 29.1. The first-order valence-electron chi connectivity index (χ1n) is 14.8. The minimum absolute atomic E-state index is 0.0673. The summed E-state index contributed by atoms with van der Waals surface area (Å²) in [4.78, 5) is 0. The molecule has 8 rings (SSSR count). The standard InChI is InChI=1S/C39H28N4/c1-25-14-18-38(43-37-13-7-4-10-32(37)34-21-26(23-40)15-19-39(34)43)33(20-25)29-17-16-28(22-27(29)24-41)42-35-11-5-2-8-30(35)31-9-3-6-12-36(31)42/h2-14,16,18,20-22,29H,15,17,19H2,1H3. The van der Waals surface area contributed by atoms with Gasteiger partial charge in [-0.15, -0.1) is 0 Å². The van der Waals surface area contributed by atoms with Crippen LogP contribution in [0.1, 0.15) is 41.1 Å². The van der Waals surface area contributed by atoms with Crippen molar-refractivity contribution >= 4 is 44.5 Å². The topological polar surface area (TPSA) is 57.4 Å². The van der Waals surface area contributed by atoms with E-state index < -0.39 is 0 Å². The number of fused-ring (bicyclic) bond motifs is 6. The molecule has 0 saturated heterocycles. The van der Waals surface area contributed by atoms with Gasteiger partial charge in [0.2, 0.25) is 0 Å². The van der Waals surface area contributed by atoms with E-state index in [4.69, 9.17) is 0 Å². The lowest BCUT2D eigenvalue weighted by molar-refractivity contribution is 0.795. The third-order valence-corrected chi connectivity index (χ3v) is 9.12. The highest BCUT2D eigenvalue weighted by Crippen LogP contribution is 2.43. The first kappa shape index (κ1) is 25.2. The molecule has 2 heterocycles. The summed E-state index contributed by atoms with van der Waals surface area (Å²) in [6.07, 6.45) is 8.71. The summed E-state index contributed by atoms with van der Waals surface area (Å²) in [5, 5.41) is 23.8. The summed E-state index contributed by atoms with van der Waals surface area (Å²) in [5.74, 6) is -0.0673. The summed E-state index contributed by atoms with van der Waals surface area (Å²) in [6.45, 7) is 2.12. The molecule has 2 aliphatic rings. The number of hydrogen-bond donors (Lipinski definition) is 0. The quantitative estimate of drug-likeness (QED) is 0.220. The summed E-state index contributed by atoms with van der Waals surface area (Å²) >= 11 is 0. The Kier molecular flexibility index (Phi) is 5.71. The van der Waals surface area contributed by atoms with Crippen LogP contribution in [0.3, 0.4) is 0 Å². The van der Waals surface area contributed by atoms with Crippen LogP contribution in [0.2, 0.25) is 0 Å². The van der Waals surface area contributed by atoms with E-state index in [9.17, 15) is 10.5 Å². The van der Waals surface area contributed by atoms with Crippen molar-refractivity contribution in [3.8, 4) is 17.8 Å². The molecular weight excluding hydrogens is 524 g/mol. The van der Waals surface area contributed by atoms with Crippen LogP contribution in [0.5, 0.6) is 0 Å². The zero-order valence-corrected chi connectivity index (χ0v) is 23.9. The van der Waals surface area contributed by atoms with Crippen LogP contribution < -0.4 is 0 Å². The van der Waals surface area contributed by atoms with Gasteiger partial charge in [-0.3, -0.25) is 0 Å². The van der Waals surface area contributed by atoms with Crippen molar-refractivity contribution in [2.24, 2.45) is 0 Å². The first-order chi connectivity index (χ1) is 21.2. The van der Waals surface area contributed by atoms with E-state index >= 15 is 0 Å². The van der Waals surface area contributed by atoms with Gasteiger partial charge in [-0.1, -0.05) is 78.4 Å². The number of aromatic nitrogens is 2. The lowest BCUT2D eigenvalue weighted by Gasteiger charge is -2.26. The van der Waals surface area contributed by atoms with Crippen molar-refractivity contribution in [2.75, 3.05) is 0 Å². The molecule has 0 aliphatic heterocycles. The molecule has 2 aliphatic carbocycles. The normalized spacial score (nSPS) is 16.3. The number of hydrogen-bond acceptors (Lipinski definition) is 2. The Morgan fingerprint density at radius 3 is 2.02 bits per heavy atom. The molecule has 0 spiro atoms. The van der Waals surface area contributed by atoms with Crippen LogP contribution in [0.15, 0.2) is 114 Å². The Morgan fingerprint density at radius 1 is 0.698 bits per heavy atom. The fraction of sp³-hybridized carbons (Fsp3) is 0.128. The number of benzene rings is 4. The van der Waals surface area contributed by atoms with Gasteiger partial charge < -0.3 is 9.13 Å². The number of aryl methyl sites for hydroxylation is 1. The van der Waals surface area contributed by atoms with E-state index in [0.29, 0.717) is 0 Å². The lowest BCUT2D eigenvalue weighted by Crippen LogP contribution is -2.13. The molecule has 204 valence electrons. The number of nitriles is 2. The fourth-order valence-corrected chi connectivity index (χ4v) is 7.19. The maximum Gasteiger partial charge on any atom is 0.0954 e. The molecule has 43 heavy (non-hydrogen) atoms. The highest BCUT2D eigenvalue weighted by molar-refractivity contribution is 6.10. The minimum atomic E-state index is -0.0673. The van der Waals surface area contributed by atoms with Crippen LogP contribution in [0, 0.1) is 29.6 Å². The van der Waals surface area contributed by atoms with Crippen molar-refractivity contribution in [2.45, 2.75) is 32.1 Å². The van der Waals surface area contributed by atoms with Crippen molar-refractivity contribution in [3.05, 3.63) is 137 Å². The Hall–Kier alpha value is -5.58.